The number of hydrogen-bond donors (Lipinski definition) is 3. The maximum Gasteiger partial charge on any atom is 0.303 e. The van der Waals surface area contributed by atoms with Crippen molar-refractivity contribution < 1.29 is 14.7 Å². The fraction of sp³-hybridized carbons (Fsp3) is 0.333. The third-order valence-electron chi connectivity index (χ3n) is 2.45. The molecule has 0 heterocycles. The Balaban J connectivity index is 2.81. The van der Waals surface area contributed by atoms with Crippen LogP contribution in [0.25, 0.3) is 0 Å². The summed E-state index contributed by atoms with van der Waals surface area (Å²) in [4.78, 5) is 21.8. The van der Waals surface area contributed by atoms with Crippen molar-refractivity contribution in [1.82, 2.24) is 0 Å². The average Bonchev–Trinajstić information content (AvgIpc) is 2.26. The van der Waals surface area contributed by atoms with Gasteiger partial charge in [-0.2, -0.15) is 0 Å². The largest absolute Gasteiger partial charge is 0.481 e. The second kappa shape index (κ2) is 6.39. The van der Waals surface area contributed by atoms with E-state index < -0.39 is 11.9 Å². The summed E-state index contributed by atoms with van der Waals surface area (Å²) in [5.74, 6) is -1.37. The van der Waals surface area contributed by atoms with E-state index in [-0.39, 0.29) is 12.5 Å². The first kappa shape index (κ1) is 14.5. The van der Waals surface area contributed by atoms with E-state index in [1.807, 2.05) is 6.92 Å². The van der Waals surface area contributed by atoms with Gasteiger partial charge in [0.05, 0.1) is 5.56 Å². The van der Waals surface area contributed by atoms with Gasteiger partial charge in [0.2, 0.25) is 0 Å². The Morgan fingerprint density at radius 1 is 1.50 bits per heavy atom. The molecule has 1 amide bonds. The Bertz CT molecular complexity index is 463. The van der Waals surface area contributed by atoms with Crippen LogP contribution in [0.15, 0.2) is 22.7 Å². The number of amides is 1. The standard InChI is InChI=1S/C12H15BrN2O3/c1-7(5-6-10(16)17)15-9-4-2-3-8(13)11(9)12(14)18/h2-4,7,15H,5-6H2,1H3,(H2,14,18)(H,16,17). The van der Waals surface area contributed by atoms with Gasteiger partial charge in [0, 0.05) is 22.6 Å². The predicted molar refractivity (Wildman–Crippen MR) is 72.6 cm³/mol. The Kier molecular flexibility index (Phi) is 5.15. The molecule has 0 radical (unpaired) electrons. The number of anilines is 1. The molecule has 1 aromatic carbocycles. The number of nitrogens with one attached hydrogen (secondary N) is 1. The van der Waals surface area contributed by atoms with Crippen LogP contribution in [-0.4, -0.2) is 23.0 Å². The number of carbonyl (C=O) groups excluding carboxylic acids is 1. The predicted octanol–water partition coefficient (Wildman–Crippen LogP) is 2.21. The van der Waals surface area contributed by atoms with Crippen molar-refractivity contribution in [2.75, 3.05) is 5.32 Å². The van der Waals surface area contributed by atoms with Gasteiger partial charge in [0.1, 0.15) is 0 Å². The highest BCUT2D eigenvalue weighted by atomic mass is 79.9. The Labute approximate surface area is 113 Å². The second-order valence-electron chi connectivity index (χ2n) is 4.00. The van der Waals surface area contributed by atoms with Crippen molar-refractivity contribution in [1.29, 1.82) is 0 Å². The highest BCUT2D eigenvalue weighted by Crippen LogP contribution is 2.25. The molecule has 18 heavy (non-hydrogen) atoms. The summed E-state index contributed by atoms with van der Waals surface area (Å²) in [6.07, 6.45) is 0.550. The summed E-state index contributed by atoms with van der Waals surface area (Å²) in [6, 6.07) is 5.19. The zero-order valence-corrected chi connectivity index (χ0v) is 11.5. The molecule has 5 nitrogen and oxygen atoms in total. The number of carbonyl (C=O) groups is 2. The molecule has 0 fully saturated rings. The van der Waals surface area contributed by atoms with Crippen LogP contribution in [0.1, 0.15) is 30.1 Å². The van der Waals surface area contributed by atoms with Crippen molar-refractivity contribution >= 4 is 33.5 Å². The van der Waals surface area contributed by atoms with Crippen LogP contribution in [-0.2, 0) is 4.79 Å². The molecule has 0 aliphatic heterocycles. The lowest BCUT2D eigenvalue weighted by Crippen LogP contribution is -2.21. The average molecular weight is 315 g/mol. The second-order valence-corrected chi connectivity index (χ2v) is 4.86. The molecule has 0 saturated carbocycles. The van der Waals surface area contributed by atoms with E-state index in [2.05, 4.69) is 21.2 Å². The Hall–Kier alpha value is -1.56. The number of nitrogens with two attached hydrogens (primary N) is 1. The molecular weight excluding hydrogens is 300 g/mol. The summed E-state index contributed by atoms with van der Waals surface area (Å²) in [6.45, 7) is 1.86. The summed E-state index contributed by atoms with van der Waals surface area (Å²) in [5, 5.41) is 11.7. The zero-order valence-electron chi connectivity index (χ0n) is 9.94. The molecule has 0 aliphatic rings. The van der Waals surface area contributed by atoms with Gasteiger partial charge in [-0.25, -0.2) is 0 Å². The summed E-state index contributed by atoms with van der Waals surface area (Å²) in [7, 11) is 0. The normalized spacial score (nSPS) is 11.9. The van der Waals surface area contributed by atoms with E-state index in [9.17, 15) is 9.59 Å². The maximum absolute atomic E-state index is 11.3. The minimum absolute atomic E-state index is 0.0616. The minimum Gasteiger partial charge on any atom is -0.481 e. The molecule has 0 saturated heterocycles. The molecule has 1 rings (SSSR count). The van der Waals surface area contributed by atoms with Crippen LogP contribution in [0, 0.1) is 0 Å². The molecule has 1 aromatic rings. The summed E-state index contributed by atoms with van der Waals surface area (Å²) < 4.78 is 0.616. The van der Waals surface area contributed by atoms with Gasteiger partial charge in [0.25, 0.3) is 5.91 Å². The van der Waals surface area contributed by atoms with Gasteiger partial charge in [-0.05, 0) is 41.4 Å². The lowest BCUT2D eigenvalue weighted by molar-refractivity contribution is -0.137. The van der Waals surface area contributed by atoms with Gasteiger partial charge < -0.3 is 16.2 Å². The number of rotatable bonds is 6. The van der Waals surface area contributed by atoms with Gasteiger partial charge in [-0.1, -0.05) is 6.07 Å². The number of hydrogen-bond acceptors (Lipinski definition) is 3. The molecule has 4 N–H and O–H groups in total. The first-order valence-electron chi connectivity index (χ1n) is 5.48. The van der Waals surface area contributed by atoms with Crippen molar-refractivity contribution in [3.8, 4) is 0 Å². The molecule has 0 bridgehead atoms. The third kappa shape index (κ3) is 4.03. The van der Waals surface area contributed by atoms with Crippen LogP contribution in [0.2, 0.25) is 0 Å². The van der Waals surface area contributed by atoms with Gasteiger partial charge in [-0.15, -0.1) is 0 Å². The first-order chi connectivity index (χ1) is 8.41. The molecule has 6 heteroatoms. The SMILES string of the molecule is CC(CCC(=O)O)Nc1cccc(Br)c1C(N)=O. The van der Waals surface area contributed by atoms with Crippen molar-refractivity contribution in [2.45, 2.75) is 25.8 Å². The Morgan fingerprint density at radius 2 is 2.17 bits per heavy atom. The smallest absolute Gasteiger partial charge is 0.303 e. The number of halogens is 1. The Morgan fingerprint density at radius 3 is 2.72 bits per heavy atom. The monoisotopic (exact) mass is 314 g/mol. The van der Waals surface area contributed by atoms with Gasteiger partial charge in [0.15, 0.2) is 0 Å². The summed E-state index contributed by atoms with van der Waals surface area (Å²) >= 11 is 3.26. The number of carboxylic acids is 1. The van der Waals surface area contributed by atoms with E-state index in [1.54, 1.807) is 18.2 Å². The molecule has 98 valence electrons. The summed E-state index contributed by atoms with van der Waals surface area (Å²) in [5.41, 5.74) is 6.29. The lowest BCUT2D eigenvalue weighted by atomic mass is 10.1. The topological polar surface area (TPSA) is 92.4 Å². The van der Waals surface area contributed by atoms with Gasteiger partial charge >= 0.3 is 5.97 Å². The molecule has 0 spiro atoms. The fourth-order valence-electron chi connectivity index (χ4n) is 1.57. The molecule has 1 atom stereocenters. The maximum atomic E-state index is 11.3. The number of benzene rings is 1. The zero-order chi connectivity index (χ0) is 13.7. The molecular formula is C12H15BrN2O3. The van der Waals surface area contributed by atoms with Crippen molar-refractivity contribution in [3.63, 3.8) is 0 Å². The molecule has 0 aliphatic carbocycles. The van der Waals surface area contributed by atoms with Crippen LogP contribution in [0.4, 0.5) is 5.69 Å². The molecule has 0 aromatic heterocycles. The minimum atomic E-state index is -0.840. The van der Waals surface area contributed by atoms with E-state index in [0.29, 0.717) is 22.1 Å². The fourth-order valence-corrected chi connectivity index (χ4v) is 2.13. The van der Waals surface area contributed by atoms with E-state index in [1.165, 1.54) is 0 Å². The number of aliphatic carboxylic acids is 1. The van der Waals surface area contributed by atoms with Crippen LogP contribution in [0.3, 0.4) is 0 Å². The first-order valence-corrected chi connectivity index (χ1v) is 6.27. The van der Waals surface area contributed by atoms with Crippen LogP contribution >= 0.6 is 15.9 Å². The van der Waals surface area contributed by atoms with Crippen molar-refractivity contribution in [2.24, 2.45) is 5.73 Å². The van der Waals surface area contributed by atoms with E-state index >= 15 is 0 Å². The number of primary amides is 1. The van der Waals surface area contributed by atoms with Crippen LogP contribution in [0.5, 0.6) is 0 Å². The number of carboxylic acid groups (broad SMARTS) is 1. The third-order valence-corrected chi connectivity index (χ3v) is 3.11. The highest BCUT2D eigenvalue weighted by Gasteiger charge is 2.14. The van der Waals surface area contributed by atoms with Crippen molar-refractivity contribution in [3.05, 3.63) is 28.2 Å². The van der Waals surface area contributed by atoms with E-state index in [4.69, 9.17) is 10.8 Å². The van der Waals surface area contributed by atoms with E-state index in [0.717, 1.165) is 0 Å². The quantitative estimate of drug-likeness (QED) is 0.750. The molecule has 1 unspecified atom stereocenters. The van der Waals surface area contributed by atoms with Crippen LogP contribution < -0.4 is 11.1 Å². The lowest BCUT2D eigenvalue weighted by Gasteiger charge is -2.17. The highest BCUT2D eigenvalue weighted by molar-refractivity contribution is 9.10. The van der Waals surface area contributed by atoms with Gasteiger partial charge in [-0.3, -0.25) is 9.59 Å².